The number of sulfonamides is 1. The van der Waals surface area contributed by atoms with E-state index in [1.54, 1.807) is 37.4 Å². The van der Waals surface area contributed by atoms with E-state index in [1.807, 2.05) is 0 Å². The van der Waals surface area contributed by atoms with Crippen molar-refractivity contribution in [2.24, 2.45) is 0 Å². The molecular weight excluding hydrogens is 488 g/mol. The monoisotopic (exact) mass is 512 g/mol. The summed E-state index contributed by atoms with van der Waals surface area (Å²) in [5, 5.41) is 2.76. The van der Waals surface area contributed by atoms with E-state index in [-0.39, 0.29) is 23.5 Å². The highest BCUT2D eigenvalue weighted by molar-refractivity contribution is 9.10. The van der Waals surface area contributed by atoms with Crippen LogP contribution in [0.2, 0.25) is 0 Å². The maximum Gasteiger partial charge on any atom is 0.255 e. The molecule has 0 bridgehead atoms. The molecule has 3 rings (SSSR count). The first kappa shape index (κ1) is 23.7. The summed E-state index contributed by atoms with van der Waals surface area (Å²) in [4.78, 5) is 12.7. The molecule has 31 heavy (non-hydrogen) atoms. The summed E-state index contributed by atoms with van der Waals surface area (Å²) in [5.74, 6) is 0.287. The summed E-state index contributed by atoms with van der Waals surface area (Å²) < 4.78 is 44.0. The zero-order valence-electron chi connectivity index (χ0n) is 17.1. The minimum Gasteiger partial charge on any atom is -0.490 e. The highest BCUT2D eigenvalue weighted by atomic mass is 79.9. The fourth-order valence-corrected chi connectivity index (χ4v) is 4.57. The van der Waals surface area contributed by atoms with Crippen molar-refractivity contribution in [3.8, 4) is 5.75 Å². The fraction of sp³-hybridized carbons (Fsp3) is 0.381. The number of anilines is 1. The third kappa shape index (κ3) is 6.75. The van der Waals surface area contributed by atoms with E-state index in [1.165, 1.54) is 12.1 Å². The van der Waals surface area contributed by atoms with Crippen LogP contribution < -0.4 is 14.8 Å². The van der Waals surface area contributed by atoms with Crippen molar-refractivity contribution < 1.29 is 27.4 Å². The van der Waals surface area contributed by atoms with Crippen molar-refractivity contribution in [3.05, 3.63) is 52.5 Å². The zero-order valence-corrected chi connectivity index (χ0v) is 19.5. The van der Waals surface area contributed by atoms with Crippen molar-refractivity contribution in [3.63, 3.8) is 0 Å². The van der Waals surface area contributed by atoms with E-state index in [2.05, 4.69) is 26.0 Å². The summed E-state index contributed by atoms with van der Waals surface area (Å²) in [6.07, 6.45) is 1.72. The van der Waals surface area contributed by atoms with Crippen LogP contribution in [0.5, 0.6) is 5.75 Å². The molecule has 0 saturated carbocycles. The first-order valence-corrected chi connectivity index (χ1v) is 12.1. The maximum absolute atomic E-state index is 12.5. The number of carbonyl (C=O) groups excluding carboxylic acids is 1. The first-order chi connectivity index (χ1) is 14.9. The third-order valence-corrected chi connectivity index (χ3v) is 6.75. The molecular formula is C21H25BrN2O6S. The first-order valence-electron chi connectivity index (χ1n) is 9.83. The molecule has 1 atom stereocenters. The van der Waals surface area contributed by atoms with Crippen LogP contribution in [0.3, 0.4) is 0 Å². The second-order valence-corrected chi connectivity index (χ2v) is 9.57. The van der Waals surface area contributed by atoms with Gasteiger partial charge in [0.2, 0.25) is 10.0 Å². The van der Waals surface area contributed by atoms with E-state index < -0.39 is 10.0 Å². The fourth-order valence-electron chi connectivity index (χ4n) is 3.01. The second kappa shape index (κ2) is 11.1. The lowest BCUT2D eigenvalue weighted by atomic mass is 10.2. The Bertz CT molecular complexity index is 991. The van der Waals surface area contributed by atoms with Crippen LogP contribution in [0.1, 0.15) is 23.2 Å². The average Bonchev–Trinajstić information content (AvgIpc) is 3.28. The molecule has 10 heteroatoms. The van der Waals surface area contributed by atoms with Gasteiger partial charge in [0, 0.05) is 31.5 Å². The lowest BCUT2D eigenvalue weighted by Crippen LogP contribution is -2.31. The smallest absolute Gasteiger partial charge is 0.255 e. The van der Waals surface area contributed by atoms with Crippen LogP contribution in [0, 0.1) is 0 Å². The molecule has 1 aliphatic heterocycles. The number of carbonyl (C=O) groups is 1. The van der Waals surface area contributed by atoms with E-state index in [0.717, 1.165) is 12.8 Å². The van der Waals surface area contributed by atoms with Gasteiger partial charge in [0.1, 0.15) is 12.4 Å². The average molecular weight is 513 g/mol. The van der Waals surface area contributed by atoms with Gasteiger partial charge in [0.15, 0.2) is 0 Å². The lowest BCUT2D eigenvalue weighted by molar-refractivity contribution is 0.102. The molecule has 1 fully saturated rings. The van der Waals surface area contributed by atoms with Crippen LogP contribution in [0.25, 0.3) is 0 Å². The molecule has 0 aliphatic carbocycles. The van der Waals surface area contributed by atoms with Gasteiger partial charge in [-0.15, -0.1) is 0 Å². The Morgan fingerprint density at radius 2 is 1.97 bits per heavy atom. The van der Waals surface area contributed by atoms with Crippen molar-refractivity contribution in [2.75, 3.05) is 38.8 Å². The van der Waals surface area contributed by atoms with Gasteiger partial charge in [0.05, 0.1) is 22.1 Å². The number of methoxy groups -OCH3 is 1. The normalized spacial score (nSPS) is 16.3. The summed E-state index contributed by atoms with van der Waals surface area (Å²) in [6, 6.07) is 11.0. The van der Waals surface area contributed by atoms with E-state index in [0.29, 0.717) is 41.3 Å². The Labute approximate surface area is 190 Å². The molecule has 2 N–H and O–H groups in total. The Hall–Kier alpha value is -1.98. The van der Waals surface area contributed by atoms with Crippen molar-refractivity contribution in [1.82, 2.24) is 4.72 Å². The number of nitrogens with one attached hydrogen (secondary N) is 2. The highest BCUT2D eigenvalue weighted by Crippen LogP contribution is 2.26. The number of benzene rings is 2. The van der Waals surface area contributed by atoms with Gasteiger partial charge in [0.25, 0.3) is 5.91 Å². The quantitative estimate of drug-likeness (QED) is 0.474. The molecule has 1 unspecified atom stereocenters. The molecule has 0 radical (unpaired) electrons. The van der Waals surface area contributed by atoms with Crippen molar-refractivity contribution in [1.29, 1.82) is 0 Å². The minimum atomic E-state index is -3.64. The number of hydrogen-bond acceptors (Lipinski definition) is 6. The molecule has 2 aromatic carbocycles. The third-order valence-electron chi connectivity index (χ3n) is 4.69. The number of rotatable bonds is 10. The summed E-state index contributed by atoms with van der Waals surface area (Å²) in [7, 11) is -2.04. The second-order valence-electron chi connectivity index (χ2n) is 6.95. The molecule has 1 saturated heterocycles. The van der Waals surface area contributed by atoms with Gasteiger partial charge in [-0.05, 0) is 71.2 Å². The topological polar surface area (TPSA) is 103 Å². The van der Waals surface area contributed by atoms with Gasteiger partial charge >= 0.3 is 0 Å². The van der Waals surface area contributed by atoms with Crippen LogP contribution in [0.4, 0.5) is 5.69 Å². The van der Waals surface area contributed by atoms with E-state index in [4.69, 9.17) is 14.2 Å². The largest absolute Gasteiger partial charge is 0.490 e. The van der Waals surface area contributed by atoms with Crippen LogP contribution in [-0.4, -0.2) is 53.9 Å². The molecule has 0 aromatic heterocycles. The Balaban J connectivity index is 1.58. The van der Waals surface area contributed by atoms with Gasteiger partial charge in [-0.2, -0.15) is 0 Å². The number of amides is 1. The van der Waals surface area contributed by atoms with Gasteiger partial charge in [-0.3, -0.25) is 4.79 Å². The lowest BCUT2D eigenvalue weighted by Gasteiger charge is -2.12. The molecule has 168 valence electrons. The highest BCUT2D eigenvalue weighted by Gasteiger charge is 2.20. The predicted octanol–water partition coefficient (Wildman–Crippen LogP) is 3.18. The van der Waals surface area contributed by atoms with Gasteiger partial charge in [-0.25, -0.2) is 13.1 Å². The van der Waals surface area contributed by atoms with Gasteiger partial charge < -0.3 is 19.5 Å². The molecule has 2 aromatic rings. The van der Waals surface area contributed by atoms with Crippen LogP contribution in [-0.2, 0) is 19.5 Å². The minimum absolute atomic E-state index is 0.0792. The maximum atomic E-state index is 12.5. The SMILES string of the molecule is COCCOc1ccc(C(=O)Nc2ccc(S(=O)(=O)NCC3CCCO3)cc2)cc1Br. The zero-order chi connectivity index (χ0) is 22.3. The molecule has 1 aliphatic rings. The summed E-state index contributed by atoms with van der Waals surface area (Å²) >= 11 is 3.39. The summed E-state index contributed by atoms with van der Waals surface area (Å²) in [5.41, 5.74) is 0.917. The predicted molar refractivity (Wildman–Crippen MR) is 120 cm³/mol. The van der Waals surface area contributed by atoms with Crippen LogP contribution in [0.15, 0.2) is 51.8 Å². The van der Waals surface area contributed by atoms with Crippen LogP contribution >= 0.6 is 15.9 Å². The molecule has 1 heterocycles. The van der Waals surface area contributed by atoms with Crippen molar-refractivity contribution in [2.45, 2.75) is 23.8 Å². The number of hydrogen-bond donors (Lipinski definition) is 2. The molecule has 8 nitrogen and oxygen atoms in total. The Morgan fingerprint density at radius 1 is 1.19 bits per heavy atom. The summed E-state index contributed by atoms with van der Waals surface area (Å²) in [6.45, 7) is 1.78. The van der Waals surface area contributed by atoms with E-state index >= 15 is 0 Å². The van der Waals surface area contributed by atoms with E-state index in [9.17, 15) is 13.2 Å². The number of halogens is 1. The molecule has 0 spiro atoms. The standard InChI is InChI=1S/C21H25BrN2O6S/c1-28-11-12-30-20-9-4-15(13-19(20)22)21(25)24-16-5-7-18(8-6-16)31(26,27)23-14-17-3-2-10-29-17/h4-9,13,17,23H,2-3,10-12,14H2,1H3,(H,24,25). The number of ether oxygens (including phenoxy) is 3. The Morgan fingerprint density at radius 3 is 2.61 bits per heavy atom. The van der Waals surface area contributed by atoms with Crippen molar-refractivity contribution >= 4 is 37.5 Å². The Kier molecular flexibility index (Phi) is 8.44. The molecule has 1 amide bonds. The van der Waals surface area contributed by atoms with Gasteiger partial charge in [-0.1, -0.05) is 0 Å².